The summed E-state index contributed by atoms with van der Waals surface area (Å²) in [5.41, 5.74) is 2.07. The second kappa shape index (κ2) is 7.25. The van der Waals surface area contributed by atoms with Crippen LogP contribution in [0.5, 0.6) is 0 Å². The molecule has 1 aliphatic carbocycles. The van der Waals surface area contributed by atoms with Crippen molar-refractivity contribution in [3.63, 3.8) is 0 Å². The van der Waals surface area contributed by atoms with E-state index in [9.17, 15) is 14.0 Å². The predicted octanol–water partition coefficient (Wildman–Crippen LogP) is 2.48. The molecule has 3 N–H and O–H groups in total. The molecule has 2 amide bonds. The van der Waals surface area contributed by atoms with Crippen LogP contribution in [0.1, 0.15) is 30.4 Å². The van der Waals surface area contributed by atoms with Crippen molar-refractivity contribution in [3.05, 3.63) is 59.0 Å². The van der Waals surface area contributed by atoms with Crippen molar-refractivity contribution in [3.8, 4) is 0 Å². The van der Waals surface area contributed by atoms with Crippen LogP contribution in [0.2, 0.25) is 0 Å². The number of carbonyl (C=O) groups excluding carboxylic acids is 2. The van der Waals surface area contributed by atoms with Crippen LogP contribution < -0.4 is 16.0 Å². The first-order valence-electron chi connectivity index (χ1n) is 9.74. The van der Waals surface area contributed by atoms with Gasteiger partial charge in [-0.05, 0) is 25.0 Å². The minimum absolute atomic E-state index is 0.0363. The molecule has 3 heterocycles. The quantitative estimate of drug-likeness (QED) is 0.430. The minimum Gasteiger partial charge on any atom is -0.367 e. The molecule has 1 aliphatic heterocycles. The van der Waals surface area contributed by atoms with E-state index >= 15 is 0 Å². The lowest BCUT2D eigenvalue weighted by atomic mass is 10.1. The van der Waals surface area contributed by atoms with Crippen molar-refractivity contribution in [1.29, 1.82) is 0 Å². The van der Waals surface area contributed by atoms with Crippen molar-refractivity contribution in [1.82, 2.24) is 19.9 Å². The molecule has 3 aromatic rings. The lowest BCUT2D eigenvalue weighted by Crippen LogP contribution is -2.19. The van der Waals surface area contributed by atoms with Gasteiger partial charge in [0.15, 0.2) is 5.65 Å². The van der Waals surface area contributed by atoms with Crippen molar-refractivity contribution in [2.45, 2.75) is 31.8 Å². The molecule has 2 aromatic heterocycles. The fourth-order valence-corrected chi connectivity index (χ4v) is 3.35. The van der Waals surface area contributed by atoms with Crippen LogP contribution in [0.15, 0.2) is 42.1 Å². The zero-order chi connectivity index (χ0) is 20.7. The molecular formula is C21H19FN6O2. The summed E-state index contributed by atoms with van der Waals surface area (Å²) < 4.78 is 15.6. The fourth-order valence-electron chi connectivity index (χ4n) is 3.35. The Balaban J connectivity index is 1.51. The third-order valence-electron chi connectivity index (χ3n) is 5.07. The highest BCUT2D eigenvalue weighted by Crippen LogP contribution is 2.28. The van der Waals surface area contributed by atoms with Gasteiger partial charge in [-0.15, -0.1) is 0 Å². The zero-order valence-corrected chi connectivity index (χ0v) is 16.0. The van der Waals surface area contributed by atoms with E-state index in [2.05, 4.69) is 26.0 Å². The number of carbonyl (C=O) groups is 2. The topological polar surface area (TPSA) is 100 Å². The number of imide groups is 1. The molecule has 5 rings (SSSR count). The smallest absolute Gasteiger partial charge is 0.254 e. The molecule has 8 nitrogen and oxygen atoms in total. The molecule has 1 saturated carbocycles. The highest BCUT2D eigenvalue weighted by Gasteiger charge is 2.25. The molecule has 0 unspecified atom stereocenters. The summed E-state index contributed by atoms with van der Waals surface area (Å²) in [6.07, 6.45) is 5.46. The zero-order valence-electron chi connectivity index (χ0n) is 16.0. The summed E-state index contributed by atoms with van der Waals surface area (Å²) in [6, 6.07) is 8.79. The summed E-state index contributed by atoms with van der Waals surface area (Å²) in [4.78, 5) is 28.0. The van der Waals surface area contributed by atoms with E-state index < -0.39 is 5.91 Å². The molecule has 0 bridgehead atoms. The third kappa shape index (κ3) is 3.61. The van der Waals surface area contributed by atoms with Gasteiger partial charge in [0, 0.05) is 35.4 Å². The van der Waals surface area contributed by atoms with Crippen LogP contribution in [0.4, 0.5) is 16.0 Å². The van der Waals surface area contributed by atoms with Gasteiger partial charge in [0.1, 0.15) is 17.5 Å². The molecule has 30 heavy (non-hydrogen) atoms. The van der Waals surface area contributed by atoms with Crippen LogP contribution in [0.25, 0.3) is 11.7 Å². The summed E-state index contributed by atoms with van der Waals surface area (Å²) >= 11 is 0. The Morgan fingerprint density at radius 3 is 2.83 bits per heavy atom. The molecule has 1 aromatic carbocycles. The van der Waals surface area contributed by atoms with Crippen LogP contribution in [-0.2, 0) is 16.1 Å². The fraction of sp³-hybridized carbons (Fsp3) is 0.238. The molecular weight excluding hydrogens is 387 g/mol. The average molecular weight is 406 g/mol. The Morgan fingerprint density at radius 1 is 1.27 bits per heavy atom. The van der Waals surface area contributed by atoms with E-state index in [1.165, 1.54) is 6.07 Å². The van der Waals surface area contributed by atoms with Gasteiger partial charge < -0.3 is 10.6 Å². The number of benzene rings is 1. The Labute approximate surface area is 171 Å². The van der Waals surface area contributed by atoms with E-state index in [1.807, 2.05) is 6.07 Å². The minimum atomic E-state index is -0.399. The summed E-state index contributed by atoms with van der Waals surface area (Å²) in [5.74, 6) is 0.314. The Kier molecular flexibility index (Phi) is 4.42. The van der Waals surface area contributed by atoms with Gasteiger partial charge >= 0.3 is 0 Å². The lowest BCUT2D eigenvalue weighted by Gasteiger charge is -2.12. The number of halogens is 1. The molecule has 0 radical (unpaired) electrons. The average Bonchev–Trinajstić information content (AvgIpc) is 3.36. The van der Waals surface area contributed by atoms with Crippen molar-refractivity contribution < 1.29 is 14.0 Å². The molecule has 9 heteroatoms. The van der Waals surface area contributed by atoms with Crippen LogP contribution in [0, 0.1) is 5.82 Å². The molecule has 152 valence electrons. The van der Waals surface area contributed by atoms with Crippen LogP contribution in [0.3, 0.4) is 0 Å². The highest BCUT2D eigenvalue weighted by atomic mass is 19.1. The lowest BCUT2D eigenvalue weighted by molar-refractivity contribution is -0.124. The summed E-state index contributed by atoms with van der Waals surface area (Å²) in [5, 5.41) is 13.3. The molecule has 2 fully saturated rings. The van der Waals surface area contributed by atoms with Crippen LogP contribution >= 0.6 is 0 Å². The van der Waals surface area contributed by atoms with E-state index in [-0.39, 0.29) is 24.7 Å². The summed E-state index contributed by atoms with van der Waals surface area (Å²) in [7, 11) is 0. The number of rotatable bonds is 6. The second-order valence-corrected chi connectivity index (χ2v) is 7.45. The monoisotopic (exact) mass is 406 g/mol. The van der Waals surface area contributed by atoms with Crippen LogP contribution in [-0.4, -0.2) is 32.5 Å². The van der Waals surface area contributed by atoms with E-state index in [4.69, 9.17) is 0 Å². The normalized spacial score (nSPS) is 17.6. The number of hydrogen-bond acceptors (Lipinski definition) is 6. The SMILES string of the molecule is O=C1C/C(=C\c2cnn3c(NC4CC4)cc(NCc4ccccc4F)nc23)C(=O)N1. The largest absolute Gasteiger partial charge is 0.367 e. The van der Waals surface area contributed by atoms with Gasteiger partial charge in [0.05, 0.1) is 12.6 Å². The van der Waals surface area contributed by atoms with Crippen molar-refractivity contribution in [2.75, 3.05) is 10.6 Å². The number of fused-ring (bicyclic) bond motifs is 1. The maximum atomic E-state index is 14.0. The maximum Gasteiger partial charge on any atom is 0.254 e. The van der Waals surface area contributed by atoms with Gasteiger partial charge in [0.25, 0.3) is 5.91 Å². The van der Waals surface area contributed by atoms with Gasteiger partial charge in [-0.2, -0.15) is 9.61 Å². The van der Waals surface area contributed by atoms with Gasteiger partial charge in [-0.1, -0.05) is 18.2 Å². The Hall–Kier alpha value is -3.75. The van der Waals surface area contributed by atoms with Gasteiger partial charge in [-0.3, -0.25) is 14.9 Å². The number of anilines is 2. The standard InChI is InChI=1S/C21H19FN6O2/c22-16-4-2-1-3-12(16)10-23-17-9-18(25-15-5-6-15)28-20(26-17)14(11-24-28)7-13-8-19(29)27-21(13)30/h1-4,7,9,11,15,25H,5-6,8,10H2,(H,23,26)(H,27,29,30)/b13-7+. The molecule has 2 aliphatic rings. The maximum absolute atomic E-state index is 14.0. The molecule has 0 spiro atoms. The highest BCUT2D eigenvalue weighted by molar-refractivity contribution is 6.15. The van der Waals surface area contributed by atoms with E-state index in [1.54, 1.807) is 35.0 Å². The van der Waals surface area contributed by atoms with Crippen molar-refractivity contribution in [2.24, 2.45) is 0 Å². The Bertz CT molecular complexity index is 1200. The van der Waals surface area contributed by atoms with Gasteiger partial charge in [-0.25, -0.2) is 9.37 Å². The number of nitrogens with zero attached hydrogens (tertiary/aromatic N) is 3. The second-order valence-electron chi connectivity index (χ2n) is 7.45. The number of aromatic nitrogens is 3. The number of hydrogen-bond donors (Lipinski definition) is 3. The number of nitrogens with one attached hydrogen (secondary N) is 3. The Morgan fingerprint density at radius 2 is 2.10 bits per heavy atom. The predicted molar refractivity (Wildman–Crippen MR) is 109 cm³/mol. The number of amides is 2. The first-order chi connectivity index (χ1) is 14.6. The molecule has 1 saturated heterocycles. The first kappa shape index (κ1) is 18.3. The molecule has 0 atom stereocenters. The van der Waals surface area contributed by atoms with Crippen molar-refractivity contribution >= 4 is 35.2 Å². The van der Waals surface area contributed by atoms with E-state index in [0.29, 0.717) is 34.2 Å². The third-order valence-corrected chi connectivity index (χ3v) is 5.07. The summed E-state index contributed by atoms with van der Waals surface area (Å²) in [6.45, 7) is 0.278. The first-order valence-corrected chi connectivity index (χ1v) is 9.74. The van der Waals surface area contributed by atoms with Gasteiger partial charge in [0.2, 0.25) is 5.91 Å². The van der Waals surface area contributed by atoms with E-state index in [0.717, 1.165) is 18.7 Å².